The topological polar surface area (TPSA) is 117 Å². The lowest BCUT2D eigenvalue weighted by Crippen LogP contribution is -2.40. The first-order chi connectivity index (χ1) is 20.3. The minimum atomic E-state index is -0.341. The zero-order valence-corrected chi connectivity index (χ0v) is 24.0. The minimum absolute atomic E-state index is 0.0163. The molecule has 0 saturated carbocycles. The second-order valence-electron chi connectivity index (χ2n) is 11.0. The Labute approximate surface area is 242 Å². The van der Waals surface area contributed by atoms with Crippen molar-refractivity contribution in [2.75, 3.05) is 20.2 Å². The number of carbonyl (C=O) groups excluding carboxylic acids is 1. The van der Waals surface area contributed by atoms with E-state index in [2.05, 4.69) is 16.2 Å². The molecule has 2 N–H and O–H groups in total. The molecule has 1 amide bonds. The molecule has 42 heavy (non-hydrogen) atoms. The molecule has 0 aliphatic carbocycles. The van der Waals surface area contributed by atoms with Crippen LogP contribution >= 0.6 is 0 Å². The normalized spacial score (nSPS) is 14.4. The third kappa shape index (κ3) is 4.11. The van der Waals surface area contributed by atoms with Gasteiger partial charge in [0.05, 0.1) is 35.6 Å². The van der Waals surface area contributed by atoms with Crippen LogP contribution in [0.4, 0.5) is 0 Å². The first-order valence-electron chi connectivity index (χ1n) is 14.1. The van der Waals surface area contributed by atoms with Crippen LogP contribution < -0.4 is 4.74 Å². The Hall–Kier alpha value is -4.76. The first-order valence-corrected chi connectivity index (χ1v) is 14.1. The van der Waals surface area contributed by atoms with Crippen LogP contribution in [0.5, 0.6) is 5.75 Å². The highest BCUT2D eigenvalue weighted by molar-refractivity contribution is 6.17. The van der Waals surface area contributed by atoms with Crippen molar-refractivity contribution in [2.24, 2.45) is 0 Å². The summed E-state index contributed by atoms with van der Waals surface area (Å²) in [6.45, 7) is 6.80. The van der Waals surface area contributed by atoms with Gasteiger partial charge in [-0.05, 0) is 62.6 Å². The average molecular weight is 562 g/mol. The van der Waals surface area contributed by atoms with E-state index in [1.807, 2.05) is 68.1 Å². The van der Waals surface area contributed by atoms with Crippen LogP contribution in [-0.4, -0.2) is 62.3 Å². The molecule has 1 fully saturated rings. The molecule has 0 unspecified atom stereocenters. The van der Waals surface area contributed by atoms with Crippen molar-refractivity contribution in [3.05, 3.63) is 71.4 Å². The summed E-state index contributed by atoms with van der Waals surface area (Å²) in [5, 5.41) is 17.7. The van der Waals surface area contributed by atoms with Gasteiger partial charge < -0.3 is 24.3 Å². The Balaban J connectivity index is 1.44. The lowest BCUT2D eigenvalue weighted by Gasteiger charge is -2.30. The number of aliphatic hydroxyl groups excluding tert-OH is 1. The number of rotatable bonds is 4. The third-order valence-electron chi connectivity index (χ3n) is 8.35. The molecule has 1 aliphatic heterocycles. The number of aliphatic hydroxyl groups is 1. The van der Waals surface area contributed by atoms with E-state index in [0.29, 0.717) is 43.1 Å². The smallest absolute Gasteiger partial charge is 0.254 e. The summed E-state index contributed by atoms with van der Waals surface area (Å²) in [5.41, 5.74) is 6.55. The van der Waals surface area contributed by atoms with Crippen molar-refractivity contribution in [3.63, 3.8) is 0 Å². The Morgan fingerprint density at radius 3 is 2.48 bits per heavy atom. The number of methoxy groups -OCH3 is 1. The number of piperidine rings is 1. The fourth-order valence-corrected chi connectivity index (χ4v) is 6.29. The van der Waals surface area contributed by atoms with Crippen molar-refractivity contribution in [3.8, 4) is 28.1 Å². The van der Waals surface area contributed by atoms with E-state index in [1.54, 1.807) is 7.11 Å². The van der Waals surface area contributed by atoms with Gasteiger partial charge in [0.25, 0.3) is 5.91 Å². The molecule has 9 nitrogen and oxygen atoms in total. The molecule has 6 aromatic rings. The molecule has 4 heterocycles. The molecule has 3 aromatic carbocycles. The third-order valence-corrected chi connectivity index (χ3v) is 8.35. The number of likely N-dealkylation sites (tertiary alicyclic amines) is 1. The van der Waals surface area contributed by atoms with Gasteiger partial charge in [0.15, 0.2) is 0 Å². The summed E-state index contributed by atoms with van der Waals surface area (Å²) in [5.74, 6) is 2.04. The second-order valence-corrected chi connectivity index (χ2v) is 11.0. The number of aromatic nitrogens is 4. The van der Waals surface area contributed by atoms with Gasteiger partial charge in [-0.15, -0.1) is 0 Å². The number of H-pyrrole nitrogens is 1. The number of hydrogen-bond acceptors (Lipinski definition) is 7. The van der Waals surface area contributed by atoms with Crippen molar-refractivity contribution in [2.45, 2.75) is 39.7 Å². The molecule has 1 saturated heterocycles. The van der Waals surface area contributed by atoms with Crippen LogP contribution in [0.1, 0.15) is 40.5 Å². The van der Waals surface area contributed by atoms with E-state index in [-0.39, 0.29) is 12.0 Å². The quantitative estimate of drug-likeness (QED) is 0.266. The maximum absolute atomic E-state index is 13.6. The first kappa shape index (κ1) is 26.2. The minimum Gasteiger partial charge on any atom is -0.496 e. The standard InChI is InChI=1S/C33H31N5O4/c1-17-29(18(2)42-37-17)26-15-27-25(16-28(26)41-4)30-31(34-19(3)35-32(30)36-27)23-9-10-24(22-8-6-5-7-21(22)23)33(40)38-13-11-20(39)12-14-38/h5-10,15-16,20,39H,11-14H2,1-4H3,(H,34,35,36). The molecular formula is C33H31N5O4. The van der Waals surface area contributed by atoms with E-state index >= 15 is 0 Å². The predicted molar refractivity (Wildman–Crippen MR) is 162 cm³/mol. The van der Waals surface area contributed by atoms with E-state index in [1.165, 1.54) is 0 Å². The molecule has 1 aliphatic rings. The fourth-order valence-electron chi connectivity index (χ4n) is 6.29. The molecule has 0 atom stereocenters. The number of benzene rings is 3. The van der Waals surface area contributed by atoms with Crippen LogP contribution in [0, 0.1) is 20.8 Å². The summed E-state index contributed by atoms with van der Waals surface area (Å²) < 4.78 is 11.3. The molecule has 212 valence electrons. The molecule has 7 rings (SSSR count). The largest absolute Gasteiger partial charge is 0.496 e. The summed E-state index contributed by atoms with van der Waals surface area (Å²) >= 11 is 0. The number of fused-ring (bicyclic) bond motifs is 4. The highest BCUT2D eigenvalue weighted by atomic mass is 16.5. The van der Waals surface area contributed by atoms with Gasteiger partial charge in [-0.25, -0.2) is 9.97 Å². The summed E-state index contributed by atoms with van der Waals surface area (Å²) in [7, 11) is 1.66. The number of carbonyl (C=O) groups is 1. The van der Waals surface area contributed by atoms with E-state index in [9.17, 15) is 9.90 Å². The molecule has 0 spiro atoms. The van der Waals surface area contributed by atoms with Crippen LogP contribution in [0.25, 0.3) is 55.1 Å². The monoisotopic (exact) mass is 561 g/mol. The van der Waals surface area contributed by atoms with Gasteiger partial charge in [-0.3, -0.25) is 4.79 Å². The number of hydrogen-bond donors (Lipinski definition) is 2. The SMILES string of the molecule is COc1cc2c(cc1-c1c(C)noc1C)[nH]c1nc(C)nc(-c3ccc(C(=O)N4CCC(O)CC4)c4ccccc34)c12. The summed E-state index contributed by atoms with van der Waals surface area (Å²) in [4.78, 5) is 28.7. The summed E-state index contributed by atoms with van der Waals surface area (Å²) in [6, 6.07) is 15.9. The zero-order valence-electron chi connectivity index (χ0n) is 24.0. The summed E-state index contributed by atoms with van der Waals surface area (Å²) in [6.07, 6.45) is 0.857. The zero-order chi connectivity index (χ0) is 29.1. The molecule has 9 heteroatoms. The van der Waals surface area contributed by atoms with Crippen LogP contribution in [0.15, 0.2) is 53.1 Å². The van der Waals surface area contributed by atoms with Crippen LogP contribution in [0.3, 0.4) is 0 Å². The van der Waals surface area contributed by atoms with Crippen molar-refractivity contribution < 1.29 is 19.2 Å². The fraction of sp³-hybridized carbons (Fsp3) is 0.273. The van der Waals surface area contributed by atoms with Crippen LogP contribution in [0.2, 0.25) is 0 Å². The lowest BCUT2D eigenvalue weighted by atomic mass is 9.94. The number of nitrogens with zero attached hydrogens (tertiary/aromatic N) is 4. The van der Waals surface area contributed by atoms with E-state index < -0.39 is 0 Å². The number of amides is 1. The Morgan fingerprint density at radius 2 is 1.76 bits per heavy atom. The van der Waals surface area contributed by atoms with E-state index in [0.717, 1.165) is 66.5 Å². The van der Waals surface area contributed by atoms with Crippen molar-refractivity contribution in [1.82, 2.24) is 25.0 Å². The van der Waals surface area contributed by atoms with Gasteiger partial charge in [-0.1, -0.05) is 35.5 Å². The molecule has 0 bridgehead atoms. The number of aromatic amines is 1. The van der Waals surface area contributed by atoms with Gasteiger partial charge in [0.1, 0.15) is 23.0 Å². The predicted octanol–water partition coefficient (Wildman–Crippen LogP) is 6.12. The maximum atomic E-state index is 13.6. The van der Waals surface area contributed by atoms with Crippen molar-refractivity contribution >= 4 is 38.6 Å². The lowest BCUT2D eigenvalue weighted by molar-refractivity contribution is 0.0548. The second kappa shape index (κ2) is 9.95. The maximum Gasteiger partial charge on any atom is 0.254 e. The molecular weight excluding hydrogens is 530 g/mol. The van der Waals surface area contributed by atoms with Gasteiger partial charge in [0.2, 0.25) is 0 Å². The van der Waals surface area contributed by atoms with Gasteiger partial charge >= 0.3 is 0 Å². The Bertz CT molecular complexity index is 2000. The number of ether oxygens (including phenoxy) is 1. The highest BCUT2D eigenvalue weighted by Crippen LogP contribution is 2.42. The Morgan fingerprint density at radius 1 is 1.00 bits per heavy atom. The van der Waals surface area contributed by atoms with Gasteiger partial charge in [0, 0.05) is 40.7 Å². The van der Waals surface area contributed by atoms with E-state index in [4.69, 9.17) is 19.2 Å². The van der Waals surface area contributed by atoms with Crippen LogP contribution in [-0.2, 0) is 0 Å². The van der Waals surface area contributed by atoms with Gasteiger partial charge in [-0.2, -0.15) is 0 Å². The number of nitrogens with one attached hydrogen (secondary N) is 1. The average Bonchev–Trinajstić information content (AvgIpc) is 3.52. The highest BCUT2D eigenvalue weighted by Gasteiger charge is 2.26. The molecule has 0 radical (unpaired) electrons. The van der Waals surface area contributed by atoms with Crippen molar-refractivity contribution in [1.29, 1.82) is 0 Å². The Kier molecular flexibility index (Phi) is 6.20. The number of aryl methyl sites for hydroxylation is 3. The molecule has 3 aromatic heterocycles.